The molecule has 0 aromatic rings. The van der Waals surface area contributed by atoms with Crippen LogP contribution in [0.1, 0.15) is 33.1 Å². The lowest BCUT2D eigenvalue weighted by Crippen LogP contribution is -2.36. The first-order chi connectivity index (χ1) is 5.67. The molecular weight excluding hydrogens is 170 g/mol. The van der Waals surface area contributed by atoms with Gasteiger partial charge in [0.15, 0.2) is 0 Å². The third-order valence-electron chi connectivity index (χ3n) is 2.55. The van der Waals surface area contributed by atoms with E-state index in [9.17, 15) is 0 Å². The number of halogens is 1. The normalized spacial score (nSPS) is 16.5. The average molecular weight is 192 g/mol. The Morgan fingerprint density at radius 2 is 1.83 bits per heavy atom. The van der Waals surface area contributed by atoms with E-state index in [0.717, 1.165) is 11.8 Å². The molecule has 0 N–H and O–H groups in total. The summed E-state index contributed by atoms with van der Waals surface area (Å²) in [6.45, 7) is 4.49. The van der Waals surface area contributed by atoms with Crippen LogP contribution in [0.3, 0.4) is 0 Å². The fourth-order valence-corrected chi connectivity index (χ4v) is 2.25. The van der Waals surface area contributed by atoms with Crippen LogP contribution >= 0.6 is 11.6 Å². The van der Waals surface area contributed by atoms with Crippen molar-refractivity contribution in [1.29, 1.82) is 0 Å². The molecule has 0 aliphatic carbocycles. The molecule has 0 amide bonds. The zero-order valence-electron chi connectivity index (χ0n) is 8.81. The Labute approximate surface area is 82.1 Å². The molecule has 74 valence electrons. The molecule has 2 atom stereocenters. The summed E-state index contributed by atoms with van der Waals surface area (Å²) in [5.41, 5.74) is 0. The van der Waals surface area contributed by atoms with Gasteiger partial charge in [-0.15, -0.1) is 11.6 Å². The van der Waals surface area contributed by atoms with Crippen LogP contribution in [0.5, 0.6) is 0 Å². The number of hydrogen-bond donors (Lipinski definition) is 0. The molecule has 0 bridgehead atoms. The predicted octanol–water partition coefficient (Wildman–Crippen LogP) is 2.98. The molecule has 2 unspecified atom stereocenters. The van der Waals surface area contributed by atoms with Crippen LogP contribution in [-0.2, 0) is 0 Å². The van der Waals surface area contributed by atoms with E-state index in [1.807, 2.05) is 0 Å². The maximum absolute atomic E-state index is 5.93. The molecule has 0 fully saturated rings. The fraction of sp³-hybridized carbons (Fsp3) is 1.00. The first-order valence-corrected chi connectivity index (χ1v) is 5.43. The highest BCUT2D eigenvalue weighted by atomic mass is 35.5. The van der Waals surface area contributed by atoms with Gasteiger partial charge < -0.3 is 4.90 Å². The maximum atomic E-state index is 5.93. The molecule has 0 rings (SSSR count). The summed E-state index contributed by atoms with van der Waals surface area (Å²) in [4.78, 5) is 2.25. The maximum Gasteiger partial charge on any atom is 0.0382 e. The summed E-state index contributed by atoms with van der Waals surface area (Å²) in [7, 11) is 4.23. The third-order valence-corrected chi connectivity index (χ3v) is 2.87. The van der Waals surface area contributed by atoms with Crippen LogP contribution < -0.4 is 0 Å². The van der Waals surface area contributed by atoms with Crippen LogP contribution in [0.15, 0.2) is 0 Å². The summed E-state index contributed by atoms with van der Waals surface area (Å²) >= 11 is 5.93. The average Bonchev–Trinajstić information content (AvgIpc) is 2.03. The van der Waals surface area contributed by atoms with Gasteiger partial charge in [0.1, 0.15) is 0 Å². The summed E-state index contributed by atoms with van der Waals surface area (Å²) in [6.07, 6.45) is 3.80. The van der Waals surface area contributed by atoms with Gasteiger partial charge in [0, 0.05) is 11.9 Å². The number of rotatable bonds is 6. The summed E-state index contributed by atoms with van der Waals surface area (Å²) in [5, 5.41) is 0. The van der Waals surface area contributed by atoms with E-state index in [-0.39, 0.29) is 0 Å². The summed E-state index contributed by atoms with van der Waals surface area (Å²) in [6, 6.07) is 0.552. The molecule has 0 aromatic carbocycles. The minimum atomic E-state index is 0.552. The Kier molecular flexibility index (Phi) is 6.87. The first-order valence-electron chi connectivity index (χ1n) is 4.89. The lowest BCUT2D eigenvalue weighted by Gasteiger charge is -2.29. The van der Waals surface area contributed by atoms with Crippen molar-refractivity contribution >= 4 is 11.6 Å². The Bertz CT molecular complexity index is 104. The van der Waals surface area contributed by atoms with Crippen molar-refractivity contribution in [2.75, 3.05) is 20.0 Å². The number of alkyl halides is 1. The van der Waals surface area contributed by atoms with Crippen LogP contribution in [-0.4, -0.2) is 30.9 Å². The molecule has 2 heteroatoms. The van der Waals surface area contributed by atoms with E-state index < -0.39 is 0 Å². The van der Waals surface area contributed by atoms with Crippen molar-refractivity contribution < 1.29 is 0 Å². The second kappa shape index (κ2) is 6.73. The van der Waals surface area contributed by atoms with E-state index in [2.05, 4.69) is 32.8 Å². The molecule has 12 heavy (non-hydrogen) atoms. The van der Waals surface area contributed by atoms with Crippen molar-refractivity contribution in [2.24, 2.45) is 5.92 Å². The standard InChI is InChI=1S/C10H22ClN/c1-5-7-9(6-2)10(8-11)12(3)4/h9-10H,5-8H2,1-4H3. The summed E-state index contributed by atoms with van der Waals surface area (Å²) in [5.74, 6) is 1.52. The molecule has 0 spiro atoms. The zero-order valence-corrected chi connectivity index (χ0v) is 9.56. The van der Waals surface area contributed by atoms with Gasteiger partial charge in [0.2, 0.25) is 0 Å². The first kappa shape index (κ1) is 12.2. The van der Waals surface area contributed by atoms with Crippen LogP contribution in [0, 0.1) is 5.92 Å². The molecule has 0 aromatic heterocycles. The molecular formula is C10H22ClN. The van der Waals surface area contributed by atoms with Crippen molar-refractivity contribution in [2.45, 2.75) is 39.2 Å². The second-order valence-electron chi connectivity index (χ2n) is 3.64. The Morgan fingerprint density at radius 1 is 1.25 bits per heavy atom. The van der Waals surface area contributed by atoms with Crippen LogP contribution in [0.2, 0.25) is 0 Å². The third kappa shape index (κ3) is 3.77. The Morgan fingerprint density at radius 3 is 2.08 bits per heavy atom. The van der Waals surface area contributed by atoms with Crippen molar-refractivity contribution in [1.82, 2.24) is 4.90 Å². The Balaban J connectivity index is 4.02. The van der Waals surface area contributed by atoms with Gasteiger partial charge in [-0.25, -0.2) is 0 Å². The smallest absolute Gasteiger partial charge is 0.0382 e. The monoisotopic (exact) mass is 191 g/mol. The van der Waals surface area contributed by atoms with E-state index in [0.29, 0.717) is 6.04 Å². The van der Waals surface area contributed by atoms with Crippen LogP contribution in [0.4, 0.5) is 0 Å². The van der Waals surface area contributed by atoms with Crippen molar-refractivity contribution in [3.8, 4) is 0 Å². The minimum absolute atomic E-state index is 0.552. The lowest BCUT2D eigenvalue weighted by atomic mass is 9.93. The molecule has 0 radical (unpaired) electrons. The fourth-order valence-electron chi connectivity index (χ4n) is 1.73. The molecule has 1 nitrogen and oxygen atoms in total. The predicted molar refractivity (Wildman–Crippen MR) is 56.9 cm³/mol. The highest BCUT2D eigenvalue weighted by Crippen LogP contribution is 2.19. The van der Waals surface area contributed by atoms with Gasteiger partial charge in [0.05, 0.1) is 0 Å². The molecule has 0 saturated carbocycles. The van der Waals surface area contributed by atoms with E-state index >= 15 is 0 Å². The van der Waals surface area contributed by atoms with Gasteiger partial charge in [-0.1, -0.05) is 26.7 Å². The van der Waals surface area contributed by atoms with Gasteiger partial charge in [-0.05, 0) is 26.4 Å². The SMILES string of the molecule is CCCC(CC)C(CCl)N(C)C. The summed E-state index contributed by atoms with van der Waals surface area (Å²) < 4.78 is 0. The number of hydrogen-bond acceptors (Lipinski definition) is 1. The molecule has 0 aliphatic heterocycles. The quantitative estimate of drug-likeness (QED) is 0.584. The van der Waals surface area contributed by atoms with Crippen molar-refractivity contribution in [3.63, 3.8) is 0 Å². The lowest BCUT2D eigenvalue weighted by molar-refractivity contribution is 0.214. The van der Waals surface area contributed by atoms with Crippen LogP contribution in [0.25, 0.3) is 0 Å². The molecule has 0 heterocycles. The van der Waals surface area contributed by atoms with Gasteiger partial charge >= 0.3 is 0 Å². The minimum Gasteiger partial charge on any atom is -0.305 e. The van der Waals surface area contributed by atoms with Gasteiger partial charge in [-0.3, -0.25) is 0 Å². The Hall–Kier alpha value is 0.250. The van der Waals surface area contributed by atoms with E-state index in [1.54, 1.807) is 0 Å². The number of nitrogens with zero attached hydrogens (tertiary/aromatic N) is 1. The molecule has 0 aliphatic rings. The van der Waals surface area contributed by atoms with Gasteiger partial charge in [-0.2, -0.15) is 0 Å². The molecule has 0 saturated heterocycles. The zero-order chi connectivity index (χ0) is 9.56. The second-order valence-corrected chi connectivity index (χ2v) is 3.95. The van der Waals surface area contributed by atoms with E-state index in [1.165, 1.54) is 19.3 Å². The van der Waals surface area contributed by atoms with Crippen molar-refractivity contribution in [3.05, 3.63) is 0 Å². The topological polar surface area (TPSA) is 3.24 Å². The highest BCUT2D eigenvalue weighted by molar-refractivity contribution is 6.18. The van der Waals surface area contributed by atoms with Gasteiger partial charge in [0.25, 0.3) is 0 Å². The highest BCUT2D eigenvalue weighted by Gasteiger charge is 2.19. The van der Waals surface area contributed by atoms with E-state index in [4.69, 9.17) is 11.6 Å². The largest absolute Gasteiger partial charge is 0.305 e.